The summed E-state index contributed by atoms with van der Waals surface area (Å²) in [6.45, 7) is 0. The largest absolute Gasteiger partial charge is 0.304 e. The van der Waals surface area contributed by atoms with Crippen LogP contribution >= 0.6 is 38.5 Å². The molecule has 0 atom stereocenters. The lowest BCUT2D eigenvalue weighted by molar-refractivity contribution is 0.687. The fraction of sp³-hybridized carbons (Fsp3) is 0.357. The zero-order valence-corrected chi connectivity index (χ0v) is 14.4. The molecule has 0 unspecified atom stereocenters. The van der Waals surface area contributed by atoms with Crippen LogP contribution in [0.1, 0.15) is 37.3 Å². The van der Waals surface area contributed by atoms with Crippen LogP contribution in [0, 0.1) is 3.57 Å². The normalized spacial score (nSPS) is 15.7. The van der Waals surface area contributed by atoms with E-state index >= 15 is 0 Å². The number of pyridine rings is 1. The fourth-order valence-electron chi connectivity index (χ4n) is 2.58. The molecule has 0 bridgehead atoms. The standard InChI is InChI=1S/C14H13BrIN3O/c15-9-5-6-10(17-7-9)13-18-12(8-3-1-2-4-8)11(16)14(20)19-13/h5-8H,1-4H2,(H,18,19,20). The molecule has 104 valence electrons. The molecule has 0 amide bonds. The maximum Gasteiger partial charge on any atom is 0.264 e. The van der Waals surface area contributed by atoms with E-state index in [9.17, 15) is 4.79 Å². The number of rotatable bonds is 2. The summed E-state index contributed by atoms with van der Waals surface area (Å²) >= 11 is 5.46. The number of aromatic amines is 1. The number of aromatic nitrogens is 3. The quantitative estimate of drug-likeness (QED) is 0.714. The monoisotopic (exact) mass is 445 g/mol. The lowest BCUT2D eigenvalue weighted by atomic mass is 10.0. The van der Waals surface area contributed by atoms with Crippen LogP contribution in [0.3, 0.4) is 0 Å². The van der Waals surface area contributed by atoms with Crippen molar-refractivity contribution in [2.24, 2.45) is 0 Å². The van der Waals surface area contributed by atoms with Gasteiger partial charge in [0.2, 0.25) is 0 Å². The van der Waals surface area contributed by atoms with Gasteiger partial charge in [0.1, 0.15) is 9.26 Å². The van der Waals surface area contributed by atoms with E-state index in [4.69, 9.17) is 0 Å². The number of nitrogens with zero attached hydrogens (tertiary/aromatic N) is 2. The molecular weight excluding hydrogens is 433 g/mol. The summed E-state index contributed by atoms with van der Waals surface area (Å²) < 4.78 is 1.63. The third-order valence-electron chi connectivity index (χ3n) is 3.60. The highest BCUT2D eigenvalue weighted by Crippen LogP contribution is 2.34. The maximum absolute atomic E-state index is 12.1. The molecule has 3 rings (SSSR count). The molecule has 1 aliphatic carbocycles. The van der Waals surface area contributed by atoms with Gasteiger partial charge in [0.05, 0.1) is 5.69 Å². The molecule has 4 nitrogen and oxygen atoms in total. The van der Waals surface area contributed by atoms with Crippen LogP contribution in [0.2, 0.25) is 0 Å². The van der Waals surface area contributed by atoms with E-state index in [2.05, 4.69) is 53.5 Å². The van der Waals surface area contributed by atoms with Gasteiger partial charge < -0.3 is 4.98 Å². The summed E-state index contributed by atoms with van der Waals surface area (Å²) in [5, 5.41) is 0. The van der Waals surface area contributed by atoms with Crippen molar-refractivity contribution >= 4 is 38.5 Å². The molecule has 0 aromatic carbocycles. The van der Waals surface area contributed by atoms with Crippen molar-refractivity contribution in [2.75, 3.05) is 0 Å². The first kappa shape index (κ1) is 14.2. The Kier molecular flexibility index (Phi) is 4.21. The Hall–Kier alpha value is -0.760. The zero-order valence-electron chi connectivity index (χ0n) is 10.7. The summed E-state index contributed by atoms with van der Waals surface area (Å²) in [6, 6.07) is 3.75. The Morgan fingerprint density at radius 2 is 2.05 bits per heavy atom. The highest BCUT2D eigenvalue weighted by atomic mass is 127. The van der Waals surface area contributed by atoms with Crippen LogP contribution in [0.25, 0.3) is 11.5 Å². The predicted octanol–water partition coefficient (Wildman–Crippen LogP) is 3.86. The van der Waals surface area contributed by atoms with Crippen molar-refractivity contribution in [3.8, 4) is 11.5 Å². The van der Waals surface area contributed by atoms with E-state index in [1.165, 1.54) is 12.8 Å². The van der Waals surface area contributed by atoms with E-state index in [0.717, 1.165) is 26.6 Å². The first-order chi connectivity index (χ1) is 9.65. The van der Waals surface area contributed by atoms with Crippen LogP contribution in [-0.2, 0) is 0 Å². The number of H-pyrrole nitrogens is 1. The summed E-state index contributed by atoms with van der Waals surface area (Å²) in [5.41, 5.74) is 1.56. The van der Waals surface area contributed by atoms with Crippen molar-refractivity contribution in [3.05, 3.63) is 42.4 Å². The third kappa shape index (κ3) is 2.81. The van der Waals surface area contributed by atoms with Gasteiger partial charge in [-0.2, -0.15) is 0 Å². The number of nitrogens with one attached hydrogen (secondary N) is 1. The Bertz CT molecular complexity index is 678. The molecule has 20 heavy (non-hydrogen) atoms. The van der Waals surface area contributed by atoms with E-state index < -0.39 is 0 Å². The number of hydrogen-bond acceptors (Lipinski definition) is 3. The van der Waals surface area contributed by atoms with Gasteiger partial charge in [-0.25, -0.2) is 4.98 Å². The van der Waals surface area contributed by atoms with Crippen LogP contribution in [0.15, 0.2) is 27.6 Å². The summed E-state index contributed by atoms with van der Waals surface area (Å²) in [4.78, 5) is 23.9. The minimum Gasteiger partial charge on any atom is -0.304 e. The van der Waals surface area contributed by atoms with Crippen molar-refractivity contribution in [1.82, 2.24) is 15.0 Å². The molecular formula is C14H13BrIN3O. The summed E-state index contributed by atoms with van der Waals surface area (Å²) in [5.74, 6) is 0.975. The molecule has 0 radical (unpaired) electrons. The SMILES string of the molecule is O=c1[nH]c(-c2ccc(Br)cn2)nc(C2CCCC2)c1I. The minimum absolute atomic E-state index is 0.0674. The summed E-state index contributed by atoms with van der Waals surface area (Å²) in [7, 11) is 0. The smallest absolute Gasteiger partial charge is 0.264 e. The van der Waals surface area contributed by atoms with Crippen molar-refractivity contribution in [2.45, 2.75) is 31.6 Å². The molecule has 2 aromatic rings. The van der Waals surface area contributed by atoms with Crippen LogP contribution in [-0.4, -0.2) is 15.0 Å². The molecule has 0 saturated heterocycles. The highest BCUT2D eigenvalue weighted by Gasteiger charge is 2.23. The van der Waals surface area contributed by atoms with E-state index in [0.29, 0.717) is 17.4 Å². The minimum atomic E-state index is -0.0674. The molecule has 6 heteroatoms. The lowest BCUT2D eigenvalue weighted by Crippen LogP contribution is -2.18. The topological polar surface area (TPSA) is 58.6 Å². The molecule has 1 saturated carbocycles. The molecule has 2 aromatic heterocycles. The lowest BCUT2D eigenvalue weighted by Gasteiger charge is -2.11. The van der Waals surface area contributed by atoms with Crippen molar-refractivity contribution < 1.29 is 0 Å². The van der Waals surface area contributed by atoms with Crippen LogP contribution in [0.4, 0.5) is 0 Å². The van der Waals surface area contributed by atoms with Crippen LogP contribution in [0.5, 0.6) is 0 Å². The van der Waals surface area contributed by atoms with E-state index in [-0.39, 0.29) is 5.56 Å². The van der Waals surface area contributed by atoms with Gasteiger partial charge >= 0.3 is 0 Å². The molecule has 1 N–H and O–H groups in total. The second-order valence-corrected chi connectivity index (χ2v) is 6.95. The maximum atomic E-state index is 12.1. The van der Waals surface area contributed by atoms with E-state index in [1.54, 1.807) is 6.20 Å². The molecule has 1 fully saturated rings. The Morgan fingerprint density at radius 1 is 1.30 bits per heavy atom. The van der Waals surface area contributed by atoms with Crippen molar-refractivity contribution in [3.63, 3.8) is 0 Å². The second kappa shape index (κ2) is 5.93. The van der Waals surface area contributed by atoms with Gasteiger partial charge in [-0.05, 0) is 63.5 Å². The van der Waals surface area contributed by atoms with Gasteiger partial charge in [-0.1, -0.05) is 12.8 Å². The van der Waals surface area contributed by atoms with Gasteiger partial charge in [0.15, 0.2) is 5.82 Å². The fourth-order valence-corrected chi connectivity index (χ4v) is 3.51. The number of halogens is 2. The Labute approximate surface area is 138 Å². The first-order valence-electron chi connectivity index (χ1n) is 6.57. The predicted molar refractivity (Wildman–Crippen MR) is 89.7 cm³/mol. The molecule has 1 aliphatic rings. The average molecular weight is 446 g/mol. The second-order valence-electron chi connectivity index (χ2n) is 4.96. The zero-order chi connectivity index (χ0) is 14.1. The van der Waals surface area contributed by atoms with Gasteiger partial charge in [0.25, 0.3) is 5.56 Å². The van der Waals surface area contributed by atoms with Gasteiger partial charge in [0, 0.05) is 16.6 Å². The molecule has 0 spiro atoms. The highest BCUT2D eigenvalue weighted by molar-refractivity contribution is 14.1. The van der Waals surface area contributed by atoms with Crippen LogP contribution < -0.4 is 5.56 Å². The first-order valence-corrected chi connectivity index (χ1v) is 8.44. The van der Waals surface area contributed by atoms with Gasteiger partial charge in [-0.3, -0.25) is 9.78 Å². The Morgan fingerprint density at radius 3 is 2.70 bits per heavy atom. The molecule has 2 heterocycles. The van der Waals surface area contributed by atoms with E-state index in [1.807, 2.05) is 12.1 Å². The van der Waals surface area contributed by atoms with Gasteiger partial charge in [-0.15, -0.1) is 0 Å². The average Bonchev–Trinajstić information content (AvgIpc) is 2.96. The molecule has 0 aliphatic heterocycles. The number of hydrogen-bond donors (Lipinski definition) is 1. The van der Waals surface area contributed by atoms with Crippen molar-refractivity contribution in [1.29, 1.82) is 0 Å². The summed E-state index contributed by atoms with van der Waals surface area (Å²) in [6.07, 6.45) is 6.41. The third-order valence-corrected chi connectivity index (χ3v) is 5.11. The Balaban J connectivity index is 2.08.